The molecule has 1 atom stereocenters. The van der Waals surface area contributed by atoms with Gasteiger partial charge in [0.1, 0.15) is 5.60 Å². The number of aryl methyl sites for hydroxylation is 1. The molecular weight excluding hydrogens is 344 g/mol. The summed E-state index contributed by atoms with van der Waals surface area (Å²) in [4.78, 5) is 16.3. The number of aromatic amines is 1. The van der Waals surface area contributed by atoms with Gasteiger partial charge in [0.05, 0.1) is 37.5 Å². The molecule has 4 N–H and O–H groups in total. The Morgan fingerprint density at radius 1 is 1.33 bits per heavy atom. The first-order valence-electron chi connectivity index (χ1n) is 9.71. The molecule has 0 saturated carbocycles. The van der Waals surface area contributed by atoms with E-state index in [9.17, 15) is 15.0 Å². The lowest BCUT2D eigenvalue weighted by molar-refractivity contribution is -0.135. The van der Waals surface area contributed by atoms with E-state index < -0.39 is 11.1 Å². The Hall–Kier alpha value is -1.89. The van der Waals surface area contributed by atoms with Gasteiger partial charge in [0.25, 0.3) is 0 Å². The number of hydrogen-bond donors (Lipinski definition) is 4. The maximum Gasteiger partial charge on any atom is 0.223 e. The predicted octanol–water partition coefficient (Wildman–Crippen LogP) is 2.16. The molecule has 0 bridgehead atoms. The van der Waals surface area contributed by atoms with Gasteiger partial charge in [0.2, 0.25) is 5.91 Å². The molecule has 1 aliphatic rings. The van der Waals surface area contributed by atoms with Gasteiger partial charge in [-0.05, 0) is 37.3 Å². The fraction of sp³-hybridized carbons (Fsp3) is 0.571. The summed E-state index contributed by atoms with van der Waals surface area (Å²) in [5, 5.41) is 22.9. The molecule has 0 saturated heterocycles. The molecule has 0 spiro atoms. The summed E-state index contributed by atoms with van der Waals surface area (Å²) in [6.45, 7) is 5.68. The first-order valence-corrected chi connectivity index (χ1v) is 9.71. The number of hydrogen-bond acceptors (Lipinski definition) is 4. The van der Waals surface area contributed by atoms with Crippen molar-refractivity contribution >= 4 is 16.8 Å². The van der Waals surface area contributed by atoms with Gasteiger partial charge in [0.15, 0.2) is 0 Å². The smallest absolute Gasteiger partial charge is 0.223 e. The van der Waals surface area contributed by atoms with Crippen molar-refractivity contribution in [1.82, 2.24) is 10.3 Å². The second-order valence-electron chi connectivity index (χ2n) is 7.72. The number of fused-ring (bicyclic) bond motifs is 3. The van der Waals surface area contributed by atoms with Crippen molar-refractivity contribution in [2.45, 2.75) is 57.6 Å². The summed E-state index contributed by atoms with van der Waals surface area (Å²) in [5.74, 6) is -0.246. The fourth-order valence-electron chi connectivity index (χ4n) is 4.01. The molecule has 1 aliphatic heterocycles. The predicted molar refractivity (Wildman–Crippen MR) is 105 cm³/mol. The first-order chi connectivity index (χ1) is 12.9. The maximum atomic E-state index is 12.7. The van der Waals surface area contributed by atoms with Crippen LogP contribution < -0.4 is 5.32 Å². The number of ether oxygens (including phenoxy) is 1. The van der Waals surface area contributed by atoms with Crippen molar-refractivity contribution < 1.29 is 19.7 Å². The number of aliphatic hydroxyl groups excluding tert-OH is 2. The van der Waals surface area contributed by atoms with Crippen molar-refractivity contribution in [2.24, 2.45) is 0 Å². The summed E-state index contributed by atoms with van der Waals surface area (Å²) in [5.41, 5.74) is 2.83. The van der Waals surface area contributed by atoms with E-state index in [0.717, 1.165) is 24.1 Å². The van der Waals surface area contributed by atoms with Gasteiger partial charge in [-0.2, -0.15) is 0 Å². The number of aliphatic hydroxyl groups is 2. The summed E-state index contributed by atoms with van der Waals surface area (Å²) in [6, 6.07) is 6.34. The molecule has 0 fully saturated rings. The molecule has 1 aromatic heterocycles. The largest absolute Gasteiger partial charge is 0.394 e. The quantitative estimate of drug-likeness (QED) is 0.597. The van der Waals surface area contributed by atoms with E-state index in [4.69, 9.17) is 4.74 Å². The molecule has 6 nitrogen and oxygen atoms in total. The van der Waals surface area contributed by atoms with E-state index in [2.05, 4.69) is 35.4 Å². The number of H-pyrrole nitrogens is 1. The number of nitrogens with one attached hydrogen (secondary N) is 2. The second kappa shape index (κ2) is 7.62. The number of amides is 1. The Morgan fingerprint density at radius 3 is 2.70 bits per heavy atom. The third-order valence-electron chi connectivity index (χ3n) is 5.75. The Morgan fingerprint density at radius 2 is 2.07 bits per heavy atom. The van der Waals surface area contributed by atoms with Gasteiger partial charge < -0.3 is 25.3 Å². The van der Waals surface area contributed by atoms with E-state index in [0.29, 0.717) is 13.0 Å². The highest BCUT2D eigenvalue weighted by Gasteiger charge is 2.41. The molecule has 2 aromatic rings. The number of benzene rings is 1. The number of carbonyl (C=O) groups is 1. The van der Waals surface area contributed by atoms with E-state index in [1.807, 2.05) is 6.92 Å². The normalized spacial score (nSPS) is 19.9. The van der Waals surface area contributed by atoms with Crippen LogP contribution in [0.15, 0.2) is 18.2 Å². The maximum absolute atomic E-state index is 12.7. The molecule has 1 unspecified atom stereocenters. The van der Waals surface area contributed by atoms with Gasteiger partial charge in [0, 0.05) is 10.9 Å². The van der Waals surface area contributed by atoms with E-state index in [1.54, 1.807) is 6.92 Å². The van der Waals surface area contributed by atoms with Crippen LogP contribution in [0, 0.1) is 0 Å². The Bertz CT molecular complexity index is 825. The van der Waals surface area contributed by atoms with Crippen LogP contribution in [0.5, 0.6) is 0 Å². The molecule has 3 rings (SSSR count). The second-order valence-corrected chi connectivity index (χ2v) is 7.72. The number of para-hydroxylation sites is 1. The lowest BCUT2D eigenvalue weighted by atomic mass is 9.85. The highest BCUT2D eigenvalue weighted by atomic mass is 16.5. The fourth-order valence-corrected chi connectivity index (χ4v) is 4.01. The Balaban J connectivity index is 1.99. The van der Waals surface area contributed by atoms with Gasteiger partial charge in [-0.3, -0.25) is 4.79 Å². The van der Waals surface area contributed by atoms with Crippen LogP contribution in [0.25, 0.3) is 10.9 Å². The molecule has 0 aliphatic carbocycles. The molecule has 6 heteroatoms. The Labute approximate surface area is 159 Å². The standard InChI is InChI=1S/C21H30N2O4/c1-4-14-7-6-8-15-16-9-10-27-21(5-2,19(16)22-18(14)15)11-17(26)23-20(3,12-24)13-25/h6-8,22,24-25H,4-5,9-13H2,1-3H3,(H,23,26). The summed E-state index contributed by atoms with van der Waals surface area (Å²) in [7, 11) is 0. The van der Waals surface area contributed by atoms with Crippen LogP contribution in [0.1, 0.15) is 50.4 Å². The Kier molecular flexibility index (Phi) is 5.60. The lowest BCUT2D eigenvalue weighted by Gasteiger charge is -2.37. The highest BCUT2D eigenvalue weighted by Crippen LogP contribution is 2.42. The summed E-state index contributed by atoms with van der Waals surface area (Å²) >= 11 is 0. The molecule has 27 heavy (non-hydrogen) atoms. The van der Waals surface area contributed by atoms with Crippen molar-refractivity contribution in [3.63, 3.8) is 0 Å². The van der Waals surface area contributed by atoms with Gasteiger partial charge >= 0.3 is 0 Å². The monoisotopic (exact) mass is 374 g/mol. The van der Waals surface area contributed by atoms with Crippen LogP contribution in [0.2, 0.25) is 0 Å². The molecule has 1 aromatic carbocycles. The van der Waals surface area contributed by atoms with Crippen molar-refractivity contribution in [3.05, 3.63) is 35.0 Å². The SMILES string of the molecule is CCc1cccc2c3c([nH]c12)C(CC)(CC(=O)NC(C)(CO)CO)OCC3. The van der Waals surface area contributed by atoms with E-state index in [1.165, 1.54) is 16.5 Å². The van der Waals surface area contributed by atoms with Crippen molar-refractivity contribution in [3.8, 4) is 0 Å². The van der Waals surface area contributed by atoms with Crippen LogP contribution in [-0.2, 0) is 28.0 Å². The molecular formula is C21H30N2O4. The third-order valence-corrected chi connectivity index (χ3v) is 5.75. The third kappa shape index (κ3) is 3.49. The topological polar surface area (TPSA) is 94.6 Å². The van der Waals surface area contributed by atoms with Gasteiger partial charge in [-0.25, -0.2) is 0 Å². The lowest BCUT2D eigenvalue weighted by Crippen LogP contribution is -2.53. The van der Waals surface area contributed by atoms with Gasteiger partial charge in [-0.15, -0.1) is 0 Å². The summed E-state index contributed by atoms with van der Waals surface area (Å²) in [6.07, 6.45) is 2.54. The molecule has 148 valence electrons. The number of carbonyl (C=O) groups excluding carboxylic acids is 1. The van der Waals surface area contributed by atoms with Crippen LogP contribution in [0.3, 0.4) is 0 Å². The van der Waals surface area contributed by atoms with Crippen LogP contribution in [-0.4, -0.2) is 46.5 Å². The van der Waals surface area contributed by atoms with Gasteiger partial charge in [-0.1, -0.05) is 32.0 Å². The molecule has 2 heterocycles. The molecule has 0 radical (unpaired) electrons. The zero-order valence-corrected chi connectivity index (χ0v) is 16.4. The minimum atomic E-state index is -1.04. The average Bonchev–Trinajstić information content (AvgIpc) is 3.08. The zero-order valence-electron chi connectivity index (χ0n) is 16.4. The van der Waals surface area contributed by atoms with E-state index in [-0.39, 0.29) is 25.5 Å². The first kappa shape index (κ1) is 19.9. The van der Waals surface area contributed by atoms with Crippen molar-refractivity contribution in [1.29, 1.82) is 0 Å². The van der Waals surface area contributed by atoms with Crippen LogP contribution in [0.4, 0.5) is 0 Å². The summed E-state index contributed by atoms with van der Waals surface area (Å²) < 4.78 is 6.18. The van der Waals surface area contributed by atoms with Crippen LogP contribution >= 0.6 is 0 Å². The number of aromatic nitrogens is 1. The van der Waals surface area contributed by atoms with E-state index >= 15 is 0 Å². The minimum Gasteiger partial charge on any atom is -0.394 e. The highest BCUT2D eigenvalue weighted by molar-refractivity contribution is 5.88. The van der Waals surface area contributed by atoms with Crippen molar-refractivity contribution in [2.75, 3.05) is 19.8 Å². The number of rotatable bonds is 7. The minimum absolute atomic E-state index is 0.139. The zero-order chi connectivity index (χ0) is 19.7. The molecule has 1 amide bonds. The average molecular weight is 374 g/mol.